The summed E-state index contributed by atoms with van der Waals surface area (Å²) in [5.41, 5.74) is 0. The summed E-state index contributed by atoms with van der Waals surface area (Å²) in [5.74, 6) is 1.51. The Morgan fingerprint density at radius 1 is 1.05 bits per heavy atom. The fourth-order valence-corrected chi connectivity index (χ4v) is 4.34. The summed E-state index contributed by atoms with van der Waals surface area (Å²) in [5, 5.41) is 3.48. The molecule has 1 N–H and O–H groups in total. The molecule has 3 rings (SSSR count). The Bertz CT molecular complexity index is 321. The number of fused-ring (bicyclic) bond motifs is 1. The van der Waals surface area contributed by atoms with E-state index < -0.39 is 0 Å². The molecule has 0 aromatic rings. The van der Waals surface area contributed by atoms with Gasteiger partial charge in [0.2, 0.25) is 5.91 Å². The van der Waals surface area contributed by atoms with E-state index in [1.54, 1.807) is 0 Å². The van der Waals surface area contributed by atoms with Crippen molar-refractivity contribution in [1.29, 1.82) is 0 Å². The molecule has 1 amide bonds. The van der Waals surface area contributed by atoms with Crippen LogP contribution < -0.4 is 5.32 Å². The van der Waals surface area contributed by atoms with E-state index in [9.17, 15) is 4.79 Å². The highest BCUT2D eigenvalue weighted by Gasteiger charge is 2.38. The molecule has 3 heteroatoms. The van der Waals surface area contributed by atoms with Gasteiger partial charge in [0.25, 0.3) is 0 Å². The van der Waals surface area contributed by atoms with Crippen molar-refractivity contribution in [3.8, 4) is 0 Å². The average Bonchev–Trinajstić information content (AvgIpc) is 2.47. The molecular weight excluding hydrogens is 236 g/mol. The molecule has 2 aliphatic heterocycles. The zero-order valence-corrected chi connectivity index (χ0v) is 12.2. The van der Waals surface area contributed by atoms with Crippen LogP contribution in [0.5, 0.6) is 0 Å². The van der Waals surface area contributed by atoms with Crippen molar-refractivity contribution in [2.75, 3.05) is 13.1 Å². The Kier molecular flexibility index (Phi) is 4.11. The second kappa shape index (κ2) is 5.82. The van der Waals surface area contributed by atoms with Crippen LogP contribution in [0.15, 0.2) is 0 Å². The molecule has 108 valence electrons. The molecule has 3 aliphatic rings. The van der Waals surface area contributed by atoms with E-state index in [2.05, 4.69) is 17.1 Å². The SMILES string of the molecule is CC1CCC(C(=O)N2CCCC3CCCCC32)CN1. The molecule has 19 heavy (non-hydrogen) atoms. The summed E-state index contributed by atoms with van der Waals surface area (Å²) in [7, 11) is 0. The van der Waals surface area contributed by atoms with E-state index in [1.165, 1.54) is 38.5 Å². The maximum Gasteiger partial charge on any atom is 0.227 e. The minimum atomic E-state index is 0.247. The van der Waals surface area contributed by atoms with Crippen molar-refractivity contribution in [2.45, 2.75) is 70.4 Å². The maximum absolute atomic E-state index is 12.8. The molecule has 0 bridgehead atoms. The molecule has 2 saturated heterocycles. The minimum absolute atomic E-state index is 0.247. The molecule has 3 fully saturated rings. The number of hydrogen-bond donors (Lipinski definition) is 1. The van der Waals surface area contributed by atoms with Gasteiger partial charge >= 0.3 is 0 Å². The van der Waals surface area contributed by atoms with Crippen LogP contribution in [0.4, 0.5) is 0 Å². The highest BCUT2D eigenvalue weighted by atomic mass is 16.2. The zero-order valence-electron chi connectivity index (χ0n) is 12.2. The quantitative estimate of drug-likeness (QED) is 0.789. The second-order valence-electron chi connectivity index (χ2n) is 6.87. The second-order valence-corrected chi connectivity index (χ2v) is 6.87. The van der Waals surface area contributed by atoms with Crippen molar-refractivity contribution in [3.05, 3.63) is 0 Å². The summed E-state index contributed by atoms with van der Waals surface area (Å²) in [6.45, 7) is 4.14. The first kappa shape index (κ1) is 13.4. The van der Waals surface area contributed by atoms with Crippen LogP contribution in [-0.2, 0) is 4.79 Å². The Balaban J connectivity index is 1.64. The van der Waals surface area contributed by atoms with Crippen molar-refractivity contribution < 1.29 is 4.79 Å². The van der Waals surface area contributed by atoms with Gasteiger partial charge in [-0.2, -0.15) is 0 Å². The predicted molar refractivity (Wildman–Crippen MR) is 76.9 cm³/mol. The standard InChI is InChI=1S/C16H28N2O/c1-12-8-9-14(11-17-12)16(19)18-10-4-6-13-5-2-3-7-15(13)18/h12-15,17H,2-11H2,1H3. The summed E-state index contributed by atoms with van der Waals surface area (Å²) < 4.78 is 0. The third-order valence-corrected chi connectivity index (χ3v) is 5.54. The average molecular weight is 264 g/mol. The van der Waals surface area contributed by atoms with Crippen LogP contribution in [0.25, 0.3) is 0 Å². The zero-order chi connectivity index (χ0) is 13.2. The highest BCUT2D eigenvalue weighted by molar-refractivity contribution is 5.79. The third-order valence-electron chi connectivity index (χ3n) is 5.54. The van der Waals surface area contributed by atoms with Gasteiger partial charge in [-0.25, -0.2) is 0 Å². The van der Waals surface area contributed by atoms with Crippen molar-refractivity contribution in [3.63, 3.8) is 0 Å². The van der Waals surface area contributed by atoms with Gasteiger partial charge in [0.1, 0.15) is 0 Å². The first-order chi connectivity index (χ1) is 9.25. The van der Waals surface area contributed by atoms with E-state index in [1.807, 2.05) is 0 Å². The van der Waals surface area contributed by atoms with Gasteiger partial charge in [0.05, 0.1) is 5.92 Å². The van der Waals surface area contributed by atoms with Crippen molar-refractivity contribution in [2.24, 2.45) is 11.8 Å². The van der Waals surface area contributed by atoms with Crippen molar-refractivity contribution >= 4 is 5.91 Å². The Hall–Kier alpha value is -0.570. The lowest BCUT2D eigenvalue weighted by molar-refractivity contribution is -0.142. The van der Waals surface area contributed by atoms with E-state index in [-0.39, 0.29) is 5.92 Å². The molecule has 0 spiro atoms. The van der Waals surface area contributed by atoms with E-state index >= 15 is 0 Å². The molecule has 3 nitrogen and oxygen atoms in total. The van der Waals surface area contributed by atoms with Crippen LogP contribution in [0.1, 0.15) is 58.3 Å². The molecule has 4 atom stereocenters. The molecule has 1 aliphatic carbocycles. The van der Waals surface area contributed by atoms with Crippen LogP contribution in [0, 0.1) is 11.8 Å². The van der Waals surface area contributed by atoms with Crippen LogP contribution in [0.3, 0.4) is 0 Å². The number of amides is 1. The van der Waals surface area contributed by atoms with E-state index in [0.29, 0.717) is 18.0 Å². The smallest absolute Gasteiger partial charge is 0.227 e. The molecule has 0 aromatic carbocycles. The first-order valence-electron chi connectivity index (χ1n) is 8.29. The van der Waals surface area contributed by atoms with Gasteiger partial charge < -0.3 is 10.2 Å². The normalized spacial score (nSPS) is 39.7. The monoisotopic (exact) mass is 264 g/mol. The summed E-state index contributed by atoms with van der Waals surface area (Å²) in [6.07, 6.45) is 10.1. The number of nitrogens with zero attached hydrogens (tertiary/aromatic N) is 1. The van der Waals surface area contributed by atoms with E-state index in [4.69, 9.17) is 0 Å². The minimum Gasteiger partial charge on any atom is -0.339 e. The fourth-order valence-electron chi connectivity index (χ4n) is 4.34. The number of hydrogen-bond acceptors (Lipinski definition) is 2. The van der Waals surface area contributed by atoms with Crippen molar-refractivity contribution in [1.82, 2.24) is 10.2 Å². The third kappa shape index (κ3) is 2.81. The van der Waals surface area contributed by atoms with Gasteiger partial charge in [0.15, 0.2) is 0 Å². The highest BCUT2D eigenvalue weighted by Crippen LogP contribution is 2.36. The maximum atomic E-state index is 12.8. The van der Waals surface area contributed by atoms with Gasteiger partial charge in [-0.05, 0) is 51.4 Å². The molecule has 1 saturated carbocycles. The molecule has 0 radical (unpaired) electrons. The molecule has 0 aromatic heterocycles. The number of likely N-dealkylation sites (tertiary alicyclic amines) is 1. The van der Waals surface area contributed by atoms with Gasteiger partial charge in [-0.3, -0.25) is 4.79 Å². The number of rotatable bonds is 1. The largest absolute Gasteiger partial charge is 0.339 e. The Labute approximate surface area is 117 Å². The number of piperidine rings is 2. The van der Waals surface area contributed by atoms with Gasteiger partial charge in [-0.15, -0.1) is 0 Å². The van der Waals surface area contributed by atoms with Gasteiger partial charge in [-0.1, -0.05) is 12.8 Å². The summed E-state index contributed by atoms with van der Waals surface area (Å²) in [4.78, 5) is 15.1. The first-order valence-corrected chi connectivity index (χ1v) is 8.29. The fraction of sp³-hybridized carbons (Fsp3) is 0.938. The van der Waals surface area contributed by atoms with Crippen LogP contribution >= 0.6 is 0 Å². The topological polar surface area (TPSA) is 32.3 Å². The van der Waals surface area contributed by atoms with Crippen LogP contribution in [-0.4, -0.2) is 36.0 Å². The molecular formula is C16H28N2O. The number of nitrogens with one attached hydrogen (secondary N) is 1. The van der Waals surface area contributed by atoms with E-state index in [0.717, 1.165) is 31.8 Å². The Morgan fingerprint density at radius 2 is 1.84 bits per heavy atom. The lowest BCUT2D eigenvalue weighted by atomic mass is 9.77. The molecule has 4 unspecified atom stereocenters. The number of carbonyl (C=O) groups excluding carboxylic acids is 1. The lowest BCUT2D eigenvalue weighted by Crippen LogP contribution is -2.54. The summed E-state index contributed by atoms with van der Waals surface area (Å²) >= 11 is 0. The van der Waals surface area contributed by atoms with Gasteiger partial charge in [0, 0.05) is 25.2 Å². The summed E-state index contributed by atoms with van der Waals surface area (Å²) in [6, 6.07) is 1.17. The molecule has 2 heterocycles. The van der Waals surface area contributed by atoms with Crippen LogP contribution in [0.2, 0.25) is 0 Å². The number of carbonyl (C=O) groups is 1. The lowest BCUT2D eigenvalue weighted by Gasteiger charge is -2.45. The predicted octanol–water partition coefficient (Wildman–Crippen LogP) is 2.56. The Morgan fingerprint density at radius 3 is 2.63 bits per heavy atom.